The summed E-state index contributed by atoms with van der Waals surface area (Å²) in [6, 6.07) is 5.69. The Labute approximate surface area is 102 Å². The molecule has 5 heteroatoms. The maximum atomic E-state index is 11.6. The average Bonchev–Trinajstić information content (AvgIpc) is 2.27. The smallest absolute Gasteiger partial charge is 0.153 e. The number of benzene rings is 1. The lowest BCUT2D eigenvalue weighted by atomic mass is 10.0. The van der Waals surface area contributed by atoms with Crippen molar-refractivity contribution in [2.75, 3.05) is 25.2 Å². The van der Waals surface area contributed by atoms with Crippen molar-refractivity contribution in [1.29, 1.82) is 0 Å². The van der Waals surface area contributed by atoms with Crippen LogP contribution in [0, 0.1) is 6.92 Å². The van der Waals surface area contributed by atoms with Gasteiger partial charge < -0.3 is 10.1 Å². The van der Waals surface area contributed by atoms with Gasteiger partial charge in [0.15, 0.2) is 9.84 Å². The Morgan fingerprint density at radius 3 is 2.76 bits per heavy atom. The number of aryl methyl sites for hydroxylation is 1. The third-order valence-corrected chi connectivity index (χ3v) is 4.71. The number of nitrogens with one attached hydrogen (secondary N) is 1. The fraction of sp³-hybridized carbons (Fsp3) is 0.500. The molecule has 1 aromatic rings. The molecule has 2 rings (SSSR count). The van der Waals surface area contributed by atoms with Gasteiger partial charge in [-0.2, -0.15) is 0 Å². The third-order valence-electron chi connectivity index (χ3n) is 3.05. The first-order valence-electron chi connectivity index (χ1n) is 5.60. The van der Waals surface area contributed by atoms with Gasteiger partial charge in [-0.3, -0.25) is 0 Å². The van der Waals surface area contributed by atoms with Crippen molar-refractivity contribution in [3.8, 4) is 5.75 Å². The Hall–Kier alpha value is -1.07. The molecule has 0 spiro atoms. The van der Waals surface area contributed by atoms with E-state index in [0.29, 0.717) is 6.54 Å². The van der Waals surface area contributed by atoms with Crippen molar-refractivity contribution in [2.45, 2.75) is 13.0 Å². The molecule has 1 unspecified atom stereocenters. The molecule has 1 aromatic carbocycles. The van der Waals surface area contributed by atoms with E-state index in [2.05, 4.69) is 5.32 Å². The van der Waals surface area contributed by atoms with Crippen LogP contribution in [0.2, 0.25) is 0 Å². The van der Waals surface area contributed by atoms with Crippen LogP contribution < -0.4 is 10.1 Å². The summed E-state index contributed by atoms with van der Waals surface area (Å²) >= 11 is 0. The Kier molecular flexibility index (Phi) is 3.40. The number of methoxy groups -OCH3 is 1. The fourth-order valence-electron chi connectivity index (χ4n) is 2.12. The van der Waals surface area contributed by atoms with E-state index in [1.165, 1.54) is 0 Å². The Balaban J connectivity index is 2.25. The molecule has 94 valence electrons. The summed E-state index contributed by atoms with van der Waals surface area (Å²) in [5.74, 6) is 1.24. The van der Waals surface area contributed by atoms with Crippen molar-refractivity contribution in [2.24, 2.45) is 0 Å². The van der Waals surface area contributed by atoms with Gasteiger partial charge in [0.2, 0.25) is 0 Å². The van der Waals surface area contributed by atoms with Crippen LogP contribution in [0.25, 0.3) is 0 Å². The number of rotatable bonds is 2. The zero-order valence-electron chi connectivity index (χ0n) is 10.1. The van der Waals surface area contributed by atoms with Crippen molar-refractivity contribution < 1.29 is 13.2 Å². The second kappa shape index (κ2) is 4.66. The van der Waals surface area contributed by atoms with E-state index in [0.717, 1.165) is 16.9 Å². The summed E-state index contributed by atoms with van der Waals surface area (Å²) in [7, 11) is -1.27. The van der Waals surface area contributed by atoms with Crippen LogP contribution in [0.3, 0.4) is 0 Å². The normalized spacial score (nSPS) is 23.3. The molecule has 17 heavy (non-hydrogen) atoms. The minimum Gasteiger partial charge on any atom is -0.496 e. The number of hydrogen-bond donors (Lipinski definition) is 1. The SMILES string of the molecule is COc1ccc(C2CS(=O)(=O)CCN2)cc1C. The molecule has 0 saturated carbocycles. The van der Waals surface area contributed by atoms with Crippen LogP contribution in [0.5, 0.6) is 5.75 Å². The molecular weight excluding hydrogens is 238 g/mol. The summed E-state index contributed by atoms with van der Waals surface area (Å²) in [6.07, 6.45) is 0. The molecule has 0 radical (unpaired) electrons. The average molecular weight is 255 g/mol. The van der Waals surface area contributed by atoms with Gasteiger partial charge in [-0.15, -0.1) is 0 Å². The molecular formula is C12H17NO3S. The van der Waals surface area contributed by atoms with E-state index in [1.54, 1.807) is 7.11 Å². The number of hydrogen-bond acceptors (Lipinski definition) is 4. The van der Waals surface area contributed by atoms with Gasteiger partial charge in [0, 0.05) is 12.6 Å². The molecule has 0 amide bonds. The van der Waals surface area contributed by atoms with Gasteiger partial charge in [0.1, 0.15) is 5.75 Å². The minimum atomic E-state index is -2.90. The summed E-state index contributed by atoms with van der Waals surface area (Å²) in [5, 5.41) is 3.24. The summed E-state index contributed by atoms with van der Waals surface area (Å²) in [6.45, 7) is 2.48. The van der Waals surface area contributed by atoms with Crippen LogP contribution >= 0.6 is 0 Å². The largest absolute Gasteiger partial charge is 0.496 e. The van der Waals surface area contributed by atoms with Crippen molar-refractivity contribution in [3.05, 3.63) is 29.3 Å². The Morgan fingerprint density at radius 2 is 2.18 bits per heavy atom. The minimum absolute atomic E-state index is 0.0987. The van der Waals surface area contributed by atoms with Crippen molar-refractivity contribution in [3.63, 3.8) is 0 Å². The van der Waals surface area contributed by atoms with Gasteiger partial charge in [0.05, 0.1) is 18.6 Å². The second-order valence-electron chi connectivity index (χ2n) is 4.35. The highest BCUT2D eigenvalue weighted by molar-refractivity contribution is 7.91. The number of sulfone groups is 1. The van der Waals surface area contributed by atoms with Gasteiger partial charge >= 0.3 is 0 Å². The highest BCUT2D eigenvalue weighted by Crippen LogP contribution is 2.24. The summed E-state index contributed by atoms with van der Waals surface area (Å²) in [4.78, 5) is 0. The molecule has 4 nitrogen and oxygen atoms in total. The van der Waals surface area contributed by atoms with Gasteiger partial charge in [0.25, 0.3) is 0 Å². The topological polar surface area (TPSA) is 55.4 Å². The molecule has 0 aromatic heterocycles. The van der Waals surface area contributed by atoms with Crippen LogP contribution in [-0.2, 0) is 9.84 Å². The first-order chi connectivity index (χ1) is 8.02. The molecule has 1 fully saturated rings. The second-order valence-corrected chi connectivity index (χ2v) is 6.58. The van der Waals surface area contributed by atoms with E-state index in [9.17, 15) is 8.42 Å². The molecule has 1 saturated heterocycles. The molecule has 1 aliphatic heterocycles. The molecule has 0 bridgehead atoms. The van der Waals surface area contributed by atoms with Gasteiger partial charge in [-0.05, 0) is 24.1 Å². The lowest BCUT2D eigenvalue weighted by Gasteiger charge is -2.24. The van der Waals surface area contributed by atoms with Crippen LogP contribution in [0.4, 0.5) is 0 Å². The maximum absolute atomic E-state index is 11.6. The lowest BCUT2D eigenvalue weighted by Crippen LogP contribution is -2.39. The summed E-state index contributed by atoms with van der Waals surface area (Å²) in [5.41, 5.74) is 2.03. The van der Waals surface area contributed by atoms with E-state index in [-0.39, 0.29) is 17.5 Å². The standard InChI is InChI=1S/C12H17NO3S/c1-9-7-10(3-4-12(9)16-2)11-8-17(14,15)6-5-13-11/h3-4,7,11,13H,5-6,8H2,1-2H3. The van der Waals surface area contributed by atoms with Crippen LogP contribution in [-0.4, -0.2) is 33.6 Å². The zero-order valence-corrected chi connectivity index (χ0v) is 10.9. The van der Waals surface area contributed by atoms with E-state index in [4.69, 9.17) is 4.74 Å². The molecule has 1 N–H and O–H groups in total. The lowest BCUT2D eigenvalue weighted by molar-refractivity contribution is 0.411. The molecule has 1 heterocycles. The predicted molar refractivity (Wildman–Crippen MR) is 67.1 cm³/mol. The number of ether oxygens (including phenoxy) is 1. The zero-order chi connectivity index (χ0) is 12.5. The van der Waals surface area contributed by atoms with Crippen LogP contribution in [0.15, 0.2) is 18.2 Å². The molecule has 1 aliphatic rings. The third kappa shape index (κ3) is 2.79. The highest BCUT2D eigenvalue weighted by atomic mass is 32.2. The predicted octanol–water partition coefficient (Wildman–Crippen LogP) is 1.06. The van der Waals surface area contributed by atoms with Crippen molar-refractivity contribution >= 4 is 9.84 Å². The first-order valence-corrected chi connectivity index (χ1v) is 7.42. The molecule has 0 aliphatic carbocycles. The monoisotopic (exact) mass is 255 g/mol. The van der Waals surface area contributed by atoms with Crippen LogP contribution in [0.1, 0.15) is 17.2 Å². The first kappa shape index (κ1) is 12.4. The molecule has 1 atom stereocenters. The summed E-state index contributed by atoms with van der Waals surface area (Å²) < 4.78 is 28.3. The Bertz CT molecular complexity index is 510. The Morgan fingerprint density at radius 1 is 1.41 bits per heavy atom. The van der Waals surface area contributed by atoms with Gasteiger partial charge in [-0.1, -0.05) is 12.1 Å². The van der Waals surface area contributed by atoms with E-state index < -0.39 is 9.84 Å². The van der Waals surface area contributed by atoms with Crippen molar-refractivity contribution in [1.82, 2.24) is 5.32 Å². The maximum Gasteiger partial charge on any atom is 0.153 e. The van der Waals surface area contributed by atoms with Gasteiger partial charge in [-0.25, -0.2) is 8.42 Å². The van der Waals surface area contributed by atoms with E-state index >= 15 is 0 Å². The highest BCUT2D eigenvalue weighted by Gasteiger charge is 2.25. The van der Waals surface area contributed by atoms with E-state index in [1.807, 2.05) is 25.1 Å². The quantitative estimate of drug-likeness (QED) is 0.858. The fourth-order valence-corrected chi connectivity index (χ4v) is 3.53.